The van der Waals surface area contributed by atoms with Crippen molar-refractivity contribution >= 4 is 28.3 Å². The van der Waals surface area contributed by atoms with Crippen LogP contribution in [0.5, 0.6) is 5.75 Å². The van der Waals surface area contributed by atoms with Crippen LogP contribution in [0, 0.1) is 12.8 Å². The molecular formula is C23H28N4O3. The lowest BCUT2D eigenvalue weighted by molar-refractivity contribution is -0.116. The lowest BCUT2D eigenvalue weighted by Gasteiger charge is -2.15. The van der Waals surface area contributed by atoms with E-state index in [0.29, 0.717) is 28.7 Å². The highest BCUT2D eigenvalue weighted by atomic mass is 16.5. The summed E-state index contributed by atoms with van der Waals surface area (Å²) in [5.74, 6) is 1.34. The monoisotopic (exact) mass is 408 g/mol. The first kappa shape index (κ1) is 21.4. The van der Waals surface area contributed by atoms with E-state index in [1.165, 1.54) is 4.57 Å². The van der Waals surface area contributed by atoms with Crippen molar-refractivity contribution in [2.24, 2.45) is 5.92 Å². The Hall–Kier alpha value is -3.35. The van der Waals surface area contributed by atoms with Crippen molar-refractivity contribution in [3.63, 3.8) is 0 Å². The van der Waals surface area contributed by atoms with Crippen molar-refractivity contribution in [3.8, 4) is 5.75 Å². The van der Waals surface area contributed by atoms with Crippen LogP contribution in [0.1, 0.15) is 25.8 Å². The van der Waals surface area contributed by atoms with Crippen LogP contribution in [0.3, 0.4) is 0 Å². The van der Waals surface area contributed by atoms with Gasteiger partial charge in [-0.3, -0.25) is 9.36 Å². The van der Waals surface area contributed by atoms with Gasteiger partial charge < -0.3 is 15.4 Å². The lowest BCUT2D eigenvalue weighted by atomic mass is 10.1. The Bertz CT molecular complexity index is 1110. The van der Waals surface area contributed by atoms with Gasteiger partial charge >= 0.3 is 5.69 Å². The average Bonchev–Trinajstić information content (AvgIpc) is 2.70. The fraction of sp³-hybridized carbons (Fsp3) is 0.348. The molecule has 30 heavy (non-hydrogen) atoms. The molecule has 0 aliphatic heterocycles. The van der Waals surface area contributed by atoms with Gasteiger partial charge in [0.15, 0.2) is 0 Å². The Kier molecular flexibility index (Phi) is 6.72. The quantitative estimate of drug-likeness (QED) is 0.592. The molecule has 7 nitrogen and oxygen atoms in total. The Morgan fingerprint density at radius 3 is 2.70 bits per heavy atom. The number of hydrogen-bond acceptors (Lipinski definition) is 5. The highest BCUT2D eigenvalue weighted by molar-refractivity contribution is 5.94. The van der Waals surface area contributed by atoms with Gasteiger partial charge in [0.25, 0.3) is 0 Å². The van der Waals surface area contributed by atoms with E-state index < -0.39 is 5.69 Å². The number of para-hydroxylation sites is 1. The van der Waals surface area contributed by atoms with E-state index in [0.717, 1.165) is 23.9 Å². The summed E-state index contributed by atoms with van der Waals surface area (Å²) in [7, 11) is 1.55. The second kappa shape index (κ2) is 9.43. The minimum absolute atomic E-state index is 0.143. The number of benzene rings is 2. The molecule has 1 amide bonds. The van der Waals surface area contributed by atoms with Crippen LogP contribution in [0.25, 0.3) is 10.9 Å². The highest BCUT2D eigenvalue weighted by Crippen LogP contribution is 2.25. The number of aromatic nitrogens is 2. The number of rotatable bonds is 8. The molecule has 0 fully saturated rings. The number of nitrogens with zero attached hydrogens (tertiary/aromatic N) is 2. The first-order chi connectivity index (χ1) is 14.4. The van der Waals surface area contributed by atoms with Crippen molar-refractivity contribution in [1.29, 1.82) is 0 Å². The molecule has 0 aliphatic carbocycles. The predicted octanol–water partition coefficient (Wildman–Crippen LogP) is 3.81. The van der Waals surface area contributed by atoms with E-state index in [1.54, 1.807) is 13.2 Å². The van der Waals surface area contributed by atoms with E-state index >= 15 is 0 Å². The number of amides is 1. The molecule has 3 rings (SSSR count). The number of hydrogen-bond donors (Lipinski definition) is 2. The minimum Gasteiger partial charge on any atom is -0.495 e. The average molecular weight is 409 g/mol. The van der Waals surface area contributed by atoms with Gasteiger partial charge in [-0.05, 0) is 49.1 Å². The largest absolute Gasteiger partial charge is 0.495 e. The van der Waals surface area contributed by atoms with Gasteiger partial charge in [0, 0.05) is 11.9 Å². The van der Waals surface area contributed by atoms with Gasteiger partial charge in [-0.25, -0.2) is 4.79 Å². The van der Waals surface area contributed by atoms with Gasteiger partial charge in [0.05, 0.1) is 18.3 Å². The van der Waals surface area contributed by atoms with Gasteiger partial charge in [-0.1, -0.05) is 32.0 Å². The number of ether oxygens (including phenoxy) is 1. The minimum atomic E-state index is -0.466. The third-order valence-corrected chi connectivity index (χ3v) is 4.83. The summed E-state index contributed by atoms with van der Waals surface area (Å²) in [4.78, 5) is 29.6. The summed E-state index contributed by atoms with van der Waals surface area (Å²) in [6.07, 6.45) is 0.972. The van der Waals surface area contributed by atoms with Crippen LogP contribution in [-0.2, 0) is 11.3 Å². The molecule has 2 N–H and O–H groups in total. The molecule has 0 saturated carbocycles. The van der Waals surface area contributed by atoms with Crippen molar-refractivity contribution in [3.05, 3.63) is 58.5 Å². The molecule has 7 heteroatoms. The number of methoxy groups -OCH3 is 1. The SMILES string of the molecule is COc1ccc(C)cc1NC(=O)Cn1c(=O)nc(NCCC(C)C)c2ccccc21. The van der Waals surface area contributed by atoms with Crippen molar-refractivity contribution < 1.29 is 9.53 Å². The summed E-state index contributed by atoms with van der Waals surface area (Å²) < 4.78 is 6.70. The smallest absolute Gasteiger partial charge is 0.350 e. The predicted molar refractivity (Wildman–Crippen MR) is 120 cm³/mol. The molecule has 0 saturated heterocycles. The first-order valence-electron chi connectivity index (χ1n) is 10.1. The van der Waals surface area contributed by atoms with Crippen LogP contribution in [-0.4, -0.2) is 29.1 Å². The van der Waals surface area contributed by atoms with E-state index in [2.05, 4.69) is 29.5 Å². The van der Waals surface area contributed by atoms with Crippen molar-refractivity contribution in [2.75, 3.05) is 24.3 Å². The van der Waals surface area contributed by atoms with E-state index in [4.69, 9.17) is 4.74 Å². The van der Waals surface area contributed by atoms with Crippen molar-refractivity contribution in [2.45, 2.75) is 33.7 Å². The van der Waals surface area contributed by atoms with Crippen LogP contribution in [0.2, 0.25) is 0 Å². The maximum absolute atomic E-state index is 12.7. The van der Waals surface area contributed by atoms with Crippen LogP contribution in [0.15, 0.2) is 47.3 Å². The Balaban J connectivity index is 1.88. The number of fused-ring (bicyclic) bond motifs is 1. The molecule has 1 heterocycles. The molecule has 0 bridgehead atoms. The molecule has 0 spiro atoms. The van der Waals surface area contributed by atoms with Crippen molar-refractivity contribution in [1.82, 2.24) is 9.55 Å². The number of carbonyl (C=O) groups excluding carboxylic acids is 1. The third kappa shape index (κ3) is 4.97. The first-order valence-corrected chi connectivity index (χ1v) is 10.1. The van der Waals surface area contributed by atoms with Gasteiger partial charge in [0.1, 0.15) is 18.1 Å². The number of nitrogens with one attached hydrogen (secondary N) is 2. The maximum atomic E-state index is 12.7. The summed E-state index contributed by atoms with van der Waals surface area (Å²) in [6.45, 7) is 6.81. The van der Waals surface area contributed by atoms with E-state index in [9.17, 15) is 9.59 Å². The van der Waals surface area contributed by atoms with Gasteiger partial charge in [-0.2, -0.15) is 4.98 Å². The summed E-state index contributed by atoms with van der Waals surface area (Å²) in [5, 5.41) is 6.90. The van der Waals surface area contributed by atoms with Gasteiger partial charge in [-0.15, -0.1) is 0 Å². The molecule has 0 atom stereocenters. The maximum Gasteiger partial charge on any atom is 0.350 e. The van der Waals surface area contributed by atoms with E-state index in [1.807, 2.05) is 43.3 Å². The van der Waals surface area contributed by atoms with Crippen LogP contribution >= 0.6 is 0 Å². The fourth-order valence-electron chi connectivity index (χ4n) is 3.25. The molecule has 0 aliphatic rings. The molecule has 1 aromatic heterocycles. The molecule has 0 unspecified atom stereocenters. The Morgan fingerprint density at radius 2 is 1.97 bits per heavy atom. The molecule has 158 valence electrons. The zero-order valence-electron chi connectivity index (χ0n) is 17.9. The summed E-state index contributed by atoms with van der Waals surface area (Å²) in [5.41, 5.74) is 1.76. The standard InChI is InChI=1S/C23H28N4O3/c1-15(2)11-12-24-22-17-7-5-6-8-19(17)27(23(29)26-22)14-21(28)25-18-13-16(3)9-10-20(18)30-4/h5-10,13,15H,11-12,14H2,1-4H3,(H,25,28)(H,24,26,29). The molecule has 0 radical (unpaired) electrons. The molecule has 2 aromatic carbocycles. The number of anilines is 2. The van der Waals surface area contributed by atoms with E-state index in [-0.39, 0.29) is 12.5 Å². The molecule has 3 aromatic rings. The number of aryl methyl sites for hydroxylation is 1. The van der Waals surface area contributed by atoms with Gasteiger partial charge in [0.2, 0.25) is 5.91 Å². The molecular weight excluding hydrogens is 380 g/mol. The fourth-order valence-corrected chi connectivity index (χ4v) is 3.25. The zero-order chi connectivity index (χ0) is 21.7. The normalized spacial score (nSPS) is 11.0. The topological polar surface area (TPSA) is 85.2 Å². The zero-order valence-corrected chi connectivity index (χ0v) is 17.9. The number of carbonyl (C=O) groups is 1. The van der Waals surface area contributed by atoms with Crippen LogP contribution in [0.4, 0.5) is 11.5 Å². The lowest BCUT2D eigenvalue weighted by Crippen LogP contribution is -2.30. The second-order valence-electron chi connectivity index (χ2n) is 7.71. The third-order valence-electron chi connectivity index (χ3n) is 4.83. The van der Waals surface area contributed by atoms with Crippen LogP contribution < -0.4 is 21.1 Å². The second-order valence-corrected chi connectivity index (χ2v) is 7.71. The summed E-state index contributed by atoms with van der Waals surface area (Å²) >= 11 is 0. The highest BCUT2D eigenvalue weighted by Gasteiger charge is 2.14. The Morgan fingerprint density at radius 1 is 1.20 bits per heavy atom. The Labute approximate surface area is 176 Å². The summed E-state index contributed by atoms with van der Waals surface area (Å²) in [6, 6.07) is 13.0.